The van der Waals surface area contributed by atoms with Gasteiger partial charge in [0.05, 0.1) is 5.02 Å². The number of aromatic nitrogens is 2. The summed E-state index contributed by atoms with van der Waals surface area (Å²) in [7, 11) is 1.96. The monoisotopic (exact) mass is 267 g/mol. The molecule has 1 aromatic heterocycles. The number of aryl methyl sites for hydroxylation is 1. The fourth-order valence-corrected chi connectivity index (χ4v) is 2.54. The SMILES string of the molecule is C[C@H](N)c1ccc(Sc2nccn2C)c(Cl)c1. The second-order valence-corrected chi connectivity index (χ2v) is 5.32. The molecule has 0 amide bonds. The number of nitrogens with zero attached hydrogens (tertiary/aromatic N) is 2. The van der Waals surface area contributed by atoms with E-state index >= 15 is 0 Å². The Labute approximate surface area is 110 Å². The lowest BCUT2D eigenvalue weighted by Crippen LogP contribution is -2.04. The fraction of sp³-hybridized carbons (Fsp3) is 0.250. The predicted octanol–water partition coefficient (Wildman–Crippen LogP) is 3.24. The lowest BCUT2D eigenvalue weighted by atomic mass is 10.1. The van der Waals surface area contributed by atoms with Gasteiger partial charge in [-0.15, -0.1) is 0 Å². The van der Waals surface area contributed by atoms with Gasteiger partial charge in [-0.25, -0.2) is 4.98 Å². The number of hydrogen-bond acceptors (Lipinski definition) is 3. The van der Waals surface area contributed by atoms with Gasteiger partial charge in [0.25, 0.3) is 0 Å². The minimum atomic E-state index is -0.000267. The molecule has 1 heterocycles. The van der Waals surface area contributed by atoms with Crippen LogP contribution in [0.3, 0.4) is 0 Å². The first-order valence-electron chi connectivity index (χ1n) is 5.28. The topological polar surface area (TPSA) is 43.8 Å². The first-order chi connectivity index (χ1) is 8.08. The van der Waals surface area contributed by atoms with Crippen molar-refractivity contribution in [2.75, 3.05) is 0 Å². The van der Waals surface area contributed by atoms with Crippen molar-refractivity contribution in [3.05, 3.63) is 41.2 Å². The molecule has 1 aromatic carbocycles. The van der Waals surface area contributed by atoms with Crippen LogP contribution in [-0.4, -0.2) is 9.55 Å². The van der Waals surface area contributed by atoms with Crippen LogP contribution in [0.4, 0.5) is 0 Å². The molecular weight excluding hydrogens is 254 g/mol. The molecule has 5 heteroatoms. The van der Waals surface area contributed by atoms with Crippen LogP contribution in [-0.2, 0) is 7.05 Å². The Hall–Kier alpha value is -0.970. The van der Waals surface area contributed by atoms with E-state index in [1.807, 2.05) is 42.9 Å². The van der Waals surface area contributed by atoms with Gasteiger partial charge in [0.2, 0.25) is 0 Å². The first kappa shape index (κ1) is 12.5. The van der Waals surface area contributed by atoms with Gasteiger partial charge in [-0.2, -0.15) is 0 Å². The van der Waals surface area contributed by atoms with Gasteiger partial charge in [0, 0.05) is 30.4 Å². The zero-order valence-electron chi connectivity index (χ0n) is 9.72. The summed E-state index contributed by atoms with van der Waals surface area (Å²) in [6.45, 7) is 1.94. The van der Waals surface area contributed by atoms with Gasteiger partial charge in [0.1, 0.15) is 0 Å². The molecule has 2 rings (SSSR count). The van der Waals surface area contributed by atoms with E-state index in [0.717, 1.165) is 15.6 Å². The molecule has 0 aliphatic carbocycles. The zero-order chi connectivity index (χ0) is 12.4. The maximum Gasteiger partial charge on any atom is 0.172 e. The average molecular weight is 268 g/mol. The molecule has 17 heavy (non-hydrogen) atoms. The van der Waals surface area contributed by atoms with Crippen LogP contribution in [0.5, 0.6) is 0 Å². The molecule has 3 nitrogen and oxygen atoms in total. The predicted molar refractivity (Wildman–Crippen MR) is 71.4 cm³/mol. The highest BCUT2D eigenvalue weighted by atomic mass is 35.5. The van der Waals surface area contributed by atoms with E-state index in [2.05, 4.69) is 4.98 Å². The highest BCUT2D eigenvalue weighted by Crippen LogP contribution is 2.33. The molecular formula is C12H14ClN3S. The molecule has 1 atom stereocenters. The van der Waals surface area contributed by atoms with Crippen molar-refractivity contribution in [2.45, 2.75) is 23.0 Å². The van der Waals surface area contributed by atoms with Crippen molar-refractivity contribution in [3.8, 4) is 0 Å². The van der Waals surface area contributed by atoms with E-state index < -0.39 is 0 Å². The van der Waals surface area contributed by atoms with Gasteiger partial charge in [0.15, 0.2) is 5.16 Å². The summed E-state index contributed by atoms with van der Waals surface area (Å²) in [6, 6.07) is 5.90. The van der Waals surface area contributed by atoms with E-state index in [9.17, 15) is 0 Å². The number of hydrogen-bond donors (Lipinski definition) is 1. The molecule has 0 fully saturated rings. The van der Waals surface area contributed by atoms with Crippen LogP contribution in [0.15, 0.2) is 40.6 Å². The molecule has 0 bridgehead atoms. The van der Waals surface area contributed by atoms with Crippen LogP contribution >= 0.6 is 23.4 Å². The Balaban J connectivity index is 2.26. The first-order valence-corrected chi connectivity index (χ1v) is 6.47. The van der Waals surface area contributed by atoms with Gasteiger partial charge in [-0.05, 0) is 24.6 Å². The molecule has 0 unspecified atom stereocenters. The van der Waals surface area contributed by atoms with E-state index in [-0.39, 0.29) is 6.04 Å². The Morgan fingerprint density at radius 2 is 2.24 bits per heavy atom. The fourth-order valence-electron chi connectivity index (χ4n) is 1.43. The van der Waals surface area contributed by atoms with Crippen molar-refractivity contribution < 1.29 is 0 Å². The van der Waals surface area contributed by atoms with Gasteiger partial charge < -0.3 is 10.3 Å². The number of nitrogens with two attached hydrogens (primary N) is 1. The normalized spacial score (nSPS) is 12.7. The number of benzene rings is 1. The van der Waals surface area contributed by atoms with Crippen molar-refractivity contribution in [1.82, 2.24) is 9.55 Å². The van der Waals surface area contributed by atoms with Crippen molar-refractivity contribution >= 4 is 23.4 Å². The molecule has 2 aromatic rings. The number of halogens is 1. The molecule has 0 aliphatic heterocycles. The van der Waals surface area contributed by atoms with Crippen LogP contribution in [0.2, 0.25) is 5.02 Å². The van der Waals surface area contributed by atoms with Crippen molar-refractivity contribution in [3.63, 3.8) is 0 Å². The third-order valence-electron chi connectivity index (χ3n) is 2.46. The minimum Gasteiger partial charge on any atom is -0.329 e. The maximum absolute atomic E-state index is 6.23. The third kappa shape index (κ3) is 2.83. The Kier molecular flexibility index (Phi) is 3.76. The Bertz CT molecular complexity index is 522. The number of rotatable bonds is 3. The van der Waals surface area contributed by atoms with Crippen LogP contribution in [0, 0.1) is 0 Å². The molecule has 0 saturated heterocycles. The van der Waals surface area contributed by atoms with Gasteiger partial charge in [-0.1, -0.05) is 29.4 Å². The van der Waals surface area contributed by atoms with E-state index in [0.29, 0.717) is 5.02 Å². The quantitative estimate of drug-likeness (QED) is 0.928. The Morgan fingerprint density at radius 3 is 2.76 bits per heavy atom. The smallest absolute Gasteiger partial charge is 0.172 e. The average Bonchev–Trinajstić information content (AvgIpc) is 2.67. The summed E-state index contributed by atoms with van der Waals surface area (Å²) in [4.78, 5) is 5.24. The Morgan fingerprint density at radius 1 is 1.47 bits per heavy atom. The van der Waals surface area contributed by atoms with Crippen molar-refractivity contribution in [2.24, 2.45) is 12.8 Å². The van der Waals surface area contributed by atoms with Crippen LogP contribution < -0.4 is 5.73 Å². The minimum absolute atomic E-state index is 0.000267. The second-order valence-electron chi connectivity index (χ2n) is 3.90. The van der Waals surface area contributed by atoms with Crippen LogP contribution in [0.25, 0.3) is 0 Å². The summed E-state index contributed by atoms with van der Waals surface area (Å²) in [5, 5.41) is 1.63. The lowest BCUT2D eigenvalue weighted by Gasteiger charge is -2.09. The molecule has 0 saturated carbocycles. The van der Waals surface area contributed by atoms with Crippen LogP contribution in [0.1, 0.15) is 18.5 Å². The maximum atomic E-state index is 6.23. The molecule has 0 aliphatic rings. The molecule has 0 spiro atoms. The van der Waals surface area contributed by atoms with Gasteiger partial charge >= 0.3 is 0 Å². The highest BCUT2D eigenvalue weighted by Gasteiger charge is 2.08. The summed E-state index contributed by atoms with van der Waals surface area (Å²) >= 11 is 7.78. The zero-order valence-corrected chi connectivity index (χ0v) is 11.3. The highest BCUT2D eigenvalue weighted by molar-refractivity contribution is 7.99. The van der Waals surface area contributed by atoms with Crippen molar-refractivity contribution in [1.29, 1.82) is 0 Å². The molecule has 90 valence electrons. The van der Waals surface area contributed by atoms with E-state index in [4.69, 9.17) is 17.3 Å². The van der Waals surface area contributed by atoms with E-state index in [1.165, 1.54) is 0 Å². The molecule has 0 radical (unpaired) electrons. The lowest BCUT2D eigenvalue weighted by molar-refractivity contribution is 0.790. The van der Waals surface area contributed by atoms with Gasteiger partial charge in [-0.3, -0.25) is 0 Å². The third-order valence-corrected chi connectivity index (χ3v) is 4.04. The summed E-state index contributed by atoms with van der Waals surface area (Å²) in [6.07, 6.45) is 3.68. The summed E-state index contributed by atoms with van der Waals surface area (Å²) in [5.41, 5.74) is 6.85. The standard InChI is InChI=1S/C12H14ClN3S/c1-8(14)9-3-4-11(10(13)7-9)17-12-15-5-6-16(12)2/h3-8H,14H2,1-2H3/t8-/m0/s1. The number of imidazole rings is 1. The summed E-state index contributed by atoms with van der Waals surface area (Å²) in [5.74, 6) is 0. The second kappa shape index (κ2) is 5.12. The van der Waals surface area contributed by atoms with E-state index in [1.54, 1.807) is 18.0 Å². The largest absolute Gasteiger partial charge is 0.329 e. The summed E-state index contributed by atoms with van der Waals surface area (Å²) < 4.78 is 1.96. The molecule has 2 N–H and O–H groups in total.